The number of carbonyl (C=O) groups excluding carboxylic acids is 3. The van der Waals surface area contributed by atoms with Crippen molar-refractivity contribution >= 4 is 17.8 Å². The number of benzene rings is 2. The van der Waals surface area contributed by atoms with E-state index in [-0.39, 0.29) is 35.4 Å². The molecular weight excluding hydrogens is 374 g/mol. The molecule has 7 heteroatoms. The van der Waals surface area contributed by atoms with Crippen LogP contribution in [0.4, 0.5) is 0 Å². The molecule has 0 spiro atoms. The Labute approximate surface area is 169 Å². The maximum Gasteiger partial charge on any atom is 0.338 e. The minimum Gasteiger partial charge on any atom is -0.484 e. The van der Waals surface area contributed by atoms with Crippen molar-refractivity contribution in [2.45, 2.75) is 25.3 Å². The van der Waals surface area contributed by atoms with Gasteiger partial charge in [0.05, 0.1) is 31.4 Å². The van der Waals surface area contributed by atoms with Gasteiger partial charge in [-0.3, -0.25) is 4.79 Å². The molecular formula is C22H23NO6. The van der Waals surface area contributed by atoms with Gasteiger partial charge in [-0.25, -0.2) is 9.59 Å². The molecule has 0 aliphatic heterocycles. The van der Waals surface area contributed by atoms with Crippen LogP contribution >= 0.6 is 0 Å². The van der Waals surface area contributed by atoms with E-state index in [1.807, 2.05) is 18.2 Å². The van der Waals surface area contributed by atoms with E-state index in [0.717, 1.165) is 24.8 Å². The van der Waals surface area contributed by atoms with Gasteiger partial charge in [-0.1, -0.05) is 24.3 Å². The molecule has 1 aliphatic carbocycles. The molecule has 7 nitrogen and oxygen atoms in total. The molecule has 0 fully saturated rings. The van der Waals surface area contributed by atoms with Gasteiger partial charge in [0.25, 0.3) is 5.91 Å². The minimum atomic E-state index is -0.621. The largest absolute Gasteiger partial charge is 0.484 e. The summed E-state index contributed by atoms with van der Waals surface area (Å²) in [6.07, 6.45) is 2.88. The molecule has 0 unspecified atom stereocenters. The highest BCUT2D eigenvalue weighted by molar-refractivity contribution is 5.96. The van der Waals surface area contributed by atoms with Crippen LogP contribution < -0.4 is 10.1 Å². The Kier molecular flexibility index (Phi) is 6.49. The normalized spacial score (nSPS) is 15.0. The van der Waals surface area contributed by atoms with Crippen molar-refractivity contribution in [3.63, 3.8) is 0 Å². The van der Waals surface area contributed by atoms with E-state index in [9.17, 15) is 14.4 Å². The van der Waals surface area contributed by atoms with E-state index in [0.29, 0.717) is 0 Å². The van der Waals surface area contributed by atoms with Crippen LogP contribution in [0.2, 0.25) is 0 Å². The molecule has 3 rings (SSSR count). The van der Waals surface area contributed by atoms with Gasteiger partial charge in [0.1, 0.15) is 5.75 Å². The summed E-state index contributed by atoms with van der Waals surface area (Å²) in [6.45, 7) is -0.246. The van der Waals surface area contributed by atoms with E-state index in [4.69, 9.17) is 14.2 Å². The molecule has 0 bridgehead atoms. The first-order valence-electron chi connectivity index (χ1n) is 9.33. The molecule has 29 heavy (non-hydrogen) atoms. The third kappa shape index (κ3) is 4.93. The Hall–Kier alpha value is -3.35. The number of aryl methyl sites for hydroxylation is 1. The Morgan fingerprint density at radius 1 is 1.00 bits per heavy atom. The van der Waals surface area contributed by atoms with Crippen LogP contribution in [-0.2, 0) is 20.7 Å². The number of amides is 1. The van der Waals surface area contributed by atoms with E-state index in [2.05, 4.69) is 11.4 Å². The fourth-order valence-electron chi connectivity index (χ4n) is 3.44. The summed E-state index contributed by atoms with van der Waals surface area (Å²) < 4.78 is 14.9. The van der Waals surface area contributed by atoms with Gasteiger partial charge < -0.3 is 19.5 Å². The van der Waals surface area contributed by atoms with Crippen molar-refractivity contribution < 1.29 is 28.6 Å². The monoisotopic (exact) mass is 397 g/mol. The van der Waals surface area contributed by atoms with Gasteiger partial charge in [-0.05, 0) is 48.6 Å². The zero-order chi connectivity index (χ0) is 20.8. The van der Waals surface area contributed by atoms with E-state index < -0.39 is 11.9 Å². The number of esters is 2. The molecule has 0 saturated heterocycles. The first-order valence-corrected chi connectivity index (χ1v) is 9.33. The second-order valence-corrected chi connectivity index (χ2v) is 6.73. The molecule has 0 heterocycles. The molecule has 2 aromatic carbocycles. The Morgan fingerprint density at radius 3 is 2.31 bits per heavy atom. The van der Waals surface area contributed by atoms with Crippen LogP contribution in [0.25, 0.3) is 0 Å². The van der Waals surface area contributed by atoms with Gasteiger partial charge in [0.15, 0.2) is 6.61 Å². The predicted octanol–water partition coefficient (Wildman–Crippen LogP) is 2.83. The van der Waals surface area contributed by atoms with Crippen molar-refractivity contribution in [1.82, 2.24) is 5.32 Å². The highest BCUT2D eigenvalue weighted by Crippen LogP contribution is 2.29. The van der Waals surface area contributed by atoms with Crippen LogP contribution in [0.1, 0.15) is 50.7 Å². The quantitative estimate of drug-likeness (QED) is 0.754. The second kappa shape index (κ2) is 9.23. The molecule has 0 saturated carbocycles. The summed E-state index contributed by atoms with van der Waals surface area (Å²) in [5.41, 5.74) is 2.64. The smallest absolute Gasteiger partial charge is 0.338 e. The van der Waals surface area contributed by atoms with Crippen LogP contribution in [-0.4, -0.2) is 38.7 Å². The summed E-state index contributed by atoms with van der Waals surface area (Å²) in [5.74, 6) is -1.32. The fraction of sp³-hybridized carbons (Fsp3) is 0.318. The molecule has 1 aliphatic rings. The van der Waals surface area contributed by atoms with Gasteiger partial charge in [-0.2, -0.15) is 0 Å². The molecule has 152 valence electrons. The van der Waals surface area contributed by atoms with Crippen molar-refractivity contribution in [3.8, 4) is 5.75 Å². The Morgan fingerprint density at radius 2 is 1.66 bits per heavy atom. The molecule has 0 radical (unpaired) electrons. The lowest BCUT2D eigenvalue weighted by molar-refractivity contribution is -0.124. The lowest BCUT2D eigenvalue weighted by Gasteiger charge is -2.26. The standard InChI is InChI=1S/C22H23NO6/c1-27-21(25)15-10-16(22(26)28-2)12-17(11-15)29-13-20(24)23-19-9-5-7-14-6-3-4-8-18(14)19/h3-4,6,8,10-12,19H,5,7,9,13H2,1-2H3,(H,23,24)/t19-/m1/s1. The maximum atomic E-state index is 12.4. The van der Waals surface area contributed by atoms with Crippen molar-refractivity contribution in [1.29, 1.82) is 0 Å². The lowest BCUT2D eigenvalue weighted by Crippen LogP contribution is -2.34. The second-order valence-electron chi connectivity index (χ2n) is 6.73. The molecule has 1 amide bonds. The van der Waals surface area contributed by atoms with E-state index >= 15 is 0 Å². The number of nitrogens with one attached hydrogen (secondary N) is 1. The van der Waals surface area contributed by atoms with Gasteiger partial charge in [-0.15, -0.1) is 0 Å². The number of carbonyl (C=O) groups is 3. The number of methoxy groups -OCH3 is 2. The summed E-state index contributed by atoms with van der Waals surface area (Å²) >= 11 is 0. The number of rotatable bonds is 6. The summed E-state index contributed by atoms with van der Waals surface area (Å²) in [7, 11) is 2.48. The average molecular weight is 397 g/mol. The molecule has 1 atom stereocenters. The Bertz CT molecular complexity index is 889. The maximum absolute atomic E-state index is 12.4. The lowest BCUT2D eigenvalue weighted by atomic mass is 9.88. The third-order valence-corrected chi connectivity index (χ3v) is 4.82. The average Bonchev–Trinajstić information content (AvgIpc) is 2.76. The Balaban J connectivity index is 1.68. The van der Waals surface area contributed by atoms with E-state index in [1.54, 1.807) is 0 Å². The van der Waals surface area contributed by atoms with Crippen LogP contribution in [0.5, 0.6) is 5.75 Å². The first-order chi connectivity index (χ1) is 14.0. The topological polar surface area (TPSA) is 90.9 Å². The van der Waals surface area contributed by atoms with Gasteiger partial charge >= 0.3 is 11.9 Å². The third-order valence-electron chi connectivity index (χ3n) is 4.82. The zero-order valence-electron chi connectivity index (χ0n) is 16.4. The molecule has 2 aromatic rings. The molecule has 1 N–H and O–H groups in total. The highest BCUT2D eigenvalue weighted by Gasteiger charge is 2.22. The SMILES string of the molecule is COC(=O)c1cc(OCC(=O)N[C@@H]2CCCc3ccccc32)cc(C(=O)OC)c1. The number of hydrogen-bond acceptors (Lipinski definition) is 6. The predicted molar refractivity (Wildman–Crippen MR) is 105 cm³/mol. The number of hydrogen-bond donors (Lipinski definition) is 1. The van der Waals surface area contributed by atoms with E-state index in [1.165, 1.54) is 38.0 Å². The summed E-state index contributed by atoms with van der Waals surface area (Å²) in [6, 6.07) is 12.2. The summed E-state index contributed by atoms with van der Waals surface area (Å²) in [5, 5.41) is 3.00. The van der Waals surface area contributed by atoms with Crippen molar-refractivity contribution in [2.75, 3.05) is 20.8 Å². The van der Waals surface area contributed by atoms with Crippen LogP contribution in [0, 0.1) is 0 Å². The van der Waals surface area contributed by atoms with Crippen molar-refractivity contribution in [3.05, 3.63) is 64.7 Å². The summed E-state index contributed by atoms with van der Waals surface area (Å²) in [4.78, 5) is 36.1. The first kappa shape index (κ1) is 20.4. The van der Waals surface area contributed by atoms with Gasteiger partial charge in [0.2, 0.25) is 0 Å². The van der Waals surface area contributed by atoms with Crippen molar-refractivity contribution in [2.24, 2.45) is 0 Å². The highest BCUT2D eigenvalue weighted by atomic mass is 16.5. The molecule has 0 aromatic heterocycles. The minimum absolute atomic E-state index is 0.0527. The number of fused-ring (bicyclic) bond motifs is 1. The fourth-order valence-corrected chi connectivity index (χ4v) is 3.44. The zero-order valence-corrected chi connectivity index (χ0v) is 16.4. The van der Waals surface area contributed by atoms with Crippen LogP contribution in [0.3, 0.4) is 0 Å². The number of ether oxygens (including phenoxy) is 3. The van der Waals surface area contributed by atoms with Crippen LogP contribution in [0.15, 0.2) is 42.5 Å². The van der Waals surface area contributed by atoms with Gasteiger partial charge in [0, 0.05) is 0 Å².